The molecule has 1 aliphatic carbocycles. The van der Waals surface area contributed by atoms with E-state index in [1.807, 2.05) is 16.8 Å². The van der Waals surface area contributed by atoms with Crippen LogP contribution in [0.5, 0.6) is 0 Å². The van der Waals surface area contributed by atoms with Crippen molar-refractivity contribution in [1.82, 2.24) is 14.7 Å². The van der Waals surface area contributed by atoms with Gasteiger partial charge in [-0.3, -0.25) is 14.5 Å². The molecule has 0 unspecified atom stereocenters. The summed E-state index contributed by atoms with van der Waals surface area (Å²) in [6.07, 6.45) is 7.46. The van der Waals surface area contributed by atoms with Crippen LogP contribution in [0, 0.1) is 0 Å². The molecule has 26 heavy (non-hydrogen) atoms. The van der Waals surface area contributed by atoms with E-state index in [2.05, 4.69) is 4.90 Å². The van der Waals surface area contributed by atoms with E-state index in [4.69, 9.17) is 10.2 Å². The molecule has 1 aliphatic heterocycles. The predicted octanol–water partition coefficient (Wildman–Crippen LogP) is 1.29. The summed E-state index contributed by atoms with van der Waals surface area (Å²) >= 11 is 0. The quantitative estimate of drug-likeness (QED) is 0.853. The summed E-state index contributed by atoms with van der Waals surface area (Å²) in [5, 5.41) is 0. The molecule has 0 aromatic carbocycles. The highest BCUT2D eigenvalue weighted by molar-refractivity contribution is 5.94. The maximum absolute atomic E-state index is 12.6. The Morgan fingerprint density at radius 1 is 1.19 bits per heavy atom. The first-order valence-corrected chi connectivity index (χ1v) is 9.63. The second-order valence-electron chi connectivity index (χ2n) is 7.37. The lowest BCUT2D eigenvalue weighted by Crippen LogP contribution is -2.52. The van der Waals surface area contributed by atoms with Crippen LogP contribution in [0.25, 0.3) is 0 Å². The smallest absolute Gasteiger partial charge is 0.257 e. The molecule has 2 aliphatic rings. The predicted molar refractivity (Wildman–Crippen MR) is 98.6 cm³/mol. The first kappa shape index (κ1) is 18.9. The first-order valence-electron chi connectivity index (χ1n) is 9.63. The van der Waals surface area contributed by atoms with E-state index in [0.29, 0.717) is 37.0 Å². The van der Waals surface area contributed by atoms with Gasteiger partial charge in [0.25, 0.3) is 5.91 Å². The van der Waals surface area contributed by atoms with Crippen molar-refractivity contribution in [3.63, 3.8) is 0 Å². The minimum Gasteiger partial charge on any atom is -0.467 e. The van der Waals surface area contributed by atoms with Crippen LogP contribution in [0.2, 0.25) is 0 Å². The number of nitrogens with zero attached hydrogens (tertiary/aromatic N) is 3. The van der Waals surface area contributed by atoms with Gasteiger partial charge in [-0.15, -0.1) is 0 Å². The number of carbonyl (C=O) groups is 2. The number of furan rings is 1. The Bertz CT molecular complexity index is 616. The third kappa shape index (κ3) is 4.45. The molecule has 1 saturated carbocycles. The highest BCUT2D eigenvalue weighted by Crippen LogP contribution is 2.22. The Morgan fingerprint density at radius 2 is 1.88 bits per heavy atom. The fraction of sp³-hybridized carbons (Fsp3) is 0.684. The fourth-order valence-electron chi connectivity index (χ4n) is 3.87. The SMILES string of the molecule is CN(C(=O)CN1CCN(C(=O)c2coc(CN)c2)CC1)C1CCCCC1. The molecule has 0 bridgehead atoms. The van der Waals surface area contributed by atoms with Crippen LogP contribution in [0.4, 0.5) is 0 Å². The maximum Gasteiger partial charge on any atom is 0.257 e. The molecule has 1 aromatic rings. The van der Waals surface area contributed by atoms with Crippen molar-refractivity contribution in [1.29, 1.82) is 0 Å². The van der Waals surface area contributed by atoms with Crippen LogP contribution in [-0.2, 0) is 11.3 Å². The largest absolute Gasteiger partial charge is 0.467 e. The second-order valence-corrected chi connectivity index (χ2v) is 7.37. The minimum atomic E-state index is -0.0289. The summed E-state index contributed by atoms with van der Waals surface area (Å²) < 4.78 is 5.25. The standard InChI is InChI=1S/C19H30N4O3/c1-21(16-5-3-2-4-6-16)18(24)13-22-7-9-23(10-8-22)19(25)15-11-17(12-20)26-14-15/h11,14,16H,2-10,12-13,20H2,1H3. The van der Waals surface area contributed by atoms with Gasteiger partial charge >= 0.3 is 0 Å². The average Bonchev–Trinajstić information content (AvgIpc) is 3.17. The number of carbonyl (C=O) groups excluding carboxylic acids is 2. The van der Waals surface area contributed by atoms with E-state index in [1.165, 1.54) is 25.5 Å². The summed E-state index contributed by atoms with van der Waals surface area (Å²) in [6, 6.07) is 2.11. The summed E-state index contributed by atoms with van der Waals surface area (Å²) in [7, 11) is 1.94. The molecule has 1 aromatic heterocycles. The lowest BCUT2D eigenvalue weighted by Gasteiger charge is -2.36. The first-order chi connectivity index (χ1) is 12.6. The molecule has 0 spiro atoms. The van der Waals surface area contributed by atoms with Crippen molar-refractivity contribution in [3.8, 4) is 0 Å². The molecule has 7 nitrogen and oxygen atoms in total. The van der Waals surface area contributed by atoms with Gasteiger partial charge in [0.15, 0.2) is 0 Å². The molecule has 2 fully saturated rings. The maximum atomic E-state index is 12.6. The summed E-state index contributed by atoms with van der Waals surface area (Å²) in [4.78, 5) is 31.0. The molecule has 0 radical (unpaired) electrons. The van der Waals surface area contributed by atoms with E-state index in [1.54, 1.807) is 6.07 Å². The van der Waals surface area contributed by atoms with Gasteiger partial charge < -0.3 is 20.0 Å². The van der Waals surface area contributed by atoms with Crippen LogP contribution in [0.15, 0.2) is 16.7 Å². The molecule has 1 saturated heterocycles. The van der Waals surface area contributed by atoms with Gasteiger partial charge in [0.1, 0.15) is 12.0 Å². The Balaban J connectivity index is 1.45. The van der Waals surface area contributed by atoms with Crippen molar-refractivity contribution < 1.29 is 14.0 Å². The van der Waals surface area contributed by atoms with Gasteiger partial charge in [-0.05, 0) is 18.9 Å². The van der Waals surface area contributed by atoms with E-state index < -0.39 is 0 Å². The Morgan fingerprint density at radius 3 is 2.50 bits per heavy atom. The van der Waals surface area contributed by atoms with Crippen LogP contribution < -0.4 is 5.73 Å². The topological polar surface area (TPSA) is 83.0 Å². The zero-order chi connectivity index (χ0) is 18.5. The molecule has 7 heteroatoms. The lowest BCUT2D eigenvalue weighted by atomic mass is 9.94. The van der Waals surface area contributed by atoms with Gasteiger partial charge in [-0.2, -0.15) is 0 Å². The van der Waals surface area contributed by atoms with E-state index in [-0.39, 0.29) is 18.4 Å². The zero-order valence-corrected chi connectivity index (χ0v) is 15.7. The van der Waals surface area contributed by atoms with Crippen molar-refractivity contribution in [2.45, 2.75) is 44.7 Å². The van der Waals surface area contributed by atoms with Gasteiger partial charge in [0.2, 0.25) is 5.91 Å². The van der Waals surface area contributed by atoms with Crippen molar-refractivity contribution in [2.24, 2.45) is 5.73 Å². The highest BCUT2D eigenvalue weighted by atomic mass is 16.3. The number of hydrogen-bond donors (Lipinski definition) is 1. The van der Waals surface area contributed by atoms with Crippen molar-refractivity contribution in [3.05, 3.63) is 23.7 Å². The van der Waals surface area contributed by atoms with E-state index in [9.17, 15) is 9.59 Å². The molecule has 0 atom stereocenters. The van der Waals surface area contributed by atoms with Crippen LogP contribution in [-0.4, -0.2) is 72.3 Å². The van der Waals surface area contributed by atoms with Crippen LogP contribution in [0.3, 0.4) is 0 Å². The number of nitrogens with two attached hydrogens (primary N) is 1. The number of rotatable bonds is 5. The Hall–Kier alpha value is -1.86. The van der Waals surface area contributed by atoms with Crippen molar-refractivity contribution in [2.75, 3.05) is 39.8 Å². The van der Waals surface area contributed by atoms with E-state index in [0.717, 1.165) is 25.9 Å². The number of amides is 2. The highest BCUT2D eigenvalue weighted by Gasteiger charge is 2.27. The van der Waals surface area contributed by atoms with Crippen LogP contribution >= 0.6 is 0 Å². The molecule has 2 N–H and O–H groups in total. The lowest BCUT2D eigenvalue weighted by molar-refractivity contribution is -0.134. The number of likely N-dealkylation sites (N-methyl/N-ethyl adjacent to an activating group) is 1. The van der Waals surface area contributed by atoms with Gasteiger partial charge in [-0.25, -0.2) is 0 Å². The van der Waals surface area contributed by atoms with Gasteiger partial charge in [0, 0.05) is 39.3 Å². The summed E-state index contributed by atoms with van der Waals surface area (Å²) in [5.41, 5.74) is 6.07. The normalized spacial score (nSPS) is 19.5. The molecule has 144 valence electrons. The molecular formula is C19H30N4O3. The average molecular weight is 362 g/mol. The van der Waals surface area contributed by atoms with Gasteiger partial charge in [0.05, 0.1) is 18.7 Å². The van der Waals surface area contributed by atoms with Crippen LogP contribution in [0.1, 0.15) is 48.2 Å². The third-order valence-electron chi connectivity index (χ3n) is 5.64. The second kappa shape index (κ2) is 8.68. The Kier molecular flexibility index (Phi) is 6.32. The molecular weight excluding hydrogens is 332 g/mol. The summed E-state index contributed by atoms with van der Waals surface area (Å²) in [6.45, 7) is 3.43. The monoisotopic (exact) mass is 362 g/mol. The zero-order valence-electron chi connectivity index (χ0n) is 15.7. The van der Waals surface area contributed by atoms with Crippen molar-refractivity contribution >= 4 is 11.8 Å². The number of hydrogen-bond acceptors (Lipinski definition) is 5. The minimum absolute atomic E-state index is 0.0289. The van der Waals surface area contributed by atoms with Gasteiger partial charge in [-0.1, -0.05) is 19.3 Å². The third-order valence-corrected chi connectivity index (χ3v) is 5.64. The number of piperazine rings is 1. The van der Waals surface area contributed by atoms with E-state index >= 15 is 0 Å². The molecule has 3 rings (SSSR count). The summed E-state index contributed by atoms with van der Waals surface area (Å²) in [5.74, 6) is 0.779. The molecule has 2 heterocycles. The molecule has 2 amide bonds. The Labute approximate surface area is 155 Å². The fourth-order valence-corrected chi connectivity index (χ4v) is 3.87.